The molecule has 0 radical (unpaired) electrons. The van der Waals surface area contributed by atoms with E-state index in [1.54, 1.807) is 7.05 Å². The average Bonchev–Trinajstić information content (AvgIpc) is 2.01. The summed E-state index contributed by atoms with van der Waals surface area (Å²) in [6.45, 7) is 9.48. The van der Waals surface area contributed by atoms with Gasteiger partial charge in [-0.05, 0) is 34.1 Å². The number of hydrogen-bond acceptors (Lipinski definition) is 4. The standard InChI is InChI=1S/C11H26N2O2/c1-10(2,12)6-8-14-11(3,4)7-9-15-13-5/h13H,6-9,12H2,1-5H3. The first-order valence-corrected chi connectivity index (χ1v) is 5.48. The van der Waals surface area contributed by atoms with Crippen LogP contribution < -0.4 is 11.2 Å². The van der Waals surface area contributed by atoms with Crippen molar-refractivity contribution in [3.8, 4) is 0 Å². The molecule has 3 N–H and O–H groups in total. The highest BCUT2D eigenvalue weighted by molar-refractivity contribution is 4.73. The van der Waals surface area contributed by atoms with Crippen LogP contribution in [0.25, 0.3) is 0 Å². The molecule has 0 rings (SSSR count). The smallest absolute Gasteiger partial charge is 0.0709 e. The minimum atomic E-state index is -0.155. The number of hydrogen-bond donors (Lipinski definition) is 2. The Morgan fingerprint density at radius 2 is 1.67 bits per heavy atom. The molecule has 0 aromatic carbocycles. The zero-order chi connectivity index (χ0) is 11.9. The van der Waals surface area contributed by atoms with E-state index < -0.39 is 0 Å². The van der Waals surface area contributed by atoms with Gasteiger partial charge in [0.15, 0.2) is 0 Å². The summed E-state index contributed by atoms with van der Waals surface area (Å²) >= 11 is 0. The lowest BCUT2D eigenvalue weighted by Gasteiger charge is -2.27. The maximum Gasteiger partial charge on any atom is 0.0709 e. The Kier molecular flexibility index (Phi) is 6.36. The van der Waals surface area contributed by atoms with Crippen LogP contribution in [0.1, 0.15) is 40.5 Å². The van der Waals surface area contributed by atoms with E-state index in [-0.39, 0.29) is 11.1 Å². The predicted octanol–water partition coefficient (Wildman–Crippen LogP) is 1.45. The molecular formula is C11H26N2O2. The van der Waals surface area contributed by atoms with Crippen LogP contribution in [0.5, 0.6) is 0 Å². The van der Waals surface area contributed by atoms with Gasteiger partial charge in [-0.15, -0.1) is 0 Å². The molecule has 15 heavy (non-hydrogen) atoms. The van der Waals surface area contributed by atoms with Crippen LogP contribution in [-0.2, 0) is 9.57 Å². The number of hydroxylamine groups is 1. The molecule has 4 nitrogen and oxygen atoms in total. The van der Waals surface area contributed by atoms with Gasteiger partial charge in [0, 0.05) is 25.6 Å². The Bertz CT molecular complexity index is 164. The van der Waals surface area contributed by atoms with Gasteiger partial charge in [0.25, 0.3) is 0 Å². The van der Waals surface area contributed by atoms with E-state index >= 15 is 0 Å². The largest absolute Gasteiger partial charge is 0.375 e. The molecule has 0 bridgehead atoms. The van der Waals surface area contributed by atoms with Crippen molar-refractivity contribution in [2.24, 2.45) is 5.73 Å². The SMILES string of the molecule is CNOCCC(C)(C)OCCC(C)(C)N. The van der Waals surface area contributed by atoms with Crippen molar-refractivity contribution in [2.75, 3.05) is 20.3 Å². The Hall–Kier alpha value is -0.160. The molecule has 0 atom stereocenters. The van der Waals surface area contributed by atoms with Gasteiger partial charge in [0.05, 0.1) is 12.2 Å². The first-order chi connectivity index (χ1) is 6.77. The first-order valence-electron chi connectivity index (χ1n) is 5.48. The molecule has 92 valence electrons. The highest BCUT2D eigenvalue weighted by Crippen LogP contribution is 2.16. The third-order valence-corrected chi connectivity index (χ3v) is 2.19. The third kappa shape index (κ3) is 10.1. The quantitative estimate of drug-likeness (QED) is 0.478. The Morgan fingerprint density at radius 3 is 2.13 bits per heavy atom. The van der Waals surface area contributed by atoms with Gasteiger partial charge >= 0.3 is 0 Å². The van der Waals surface area contributed by atoms with Crippen molar-refractivity contribution in [1.82, 2.24) is 5.48 Å². The van der Waals surface area contributed by atoms with Crippen LogP contribution in [-0.4, -0.2) is 31.4 Å². The summed E-state index contributed by atoms with van der Waals surface area (Å²) in [5, 5.41) is 0. The molecule has 4 heteroatoms. The number of nitrogens with one attached hydrogen (secondary N) is 1. The average molecular weight is 218 g/mol. The van der Waals surface area contributed by atoms with E-state index in [1.165, 1.54) is 0 Å². The van der Waals surface area contributed by atoms with E-state index in [4.69, 9.17) is 15.3 Å². The Balaban J connectivity index is 3.64. The van der Waals surface area contributed by atoms with E-state index in [0.717, 1.165) is 12.8 Å². The van der Waals surface area contributed by atoms with Gasteiger partial charge in [-0.3, -0.25) is 0 Å². The lowest BCUT2D eigenvalue weighted by Crippen LogP contribution is -2.35. The van der Waals surface area contributed by atoms with Gasteiger partial charge < -0.3 is 15.3 Å². The summed E-state index contributed by atoms with van der Waals surface area (Å²) < 4.78 is 5.76. The molecule has 0 fully saturated rings. The third-order valence-electron chi connectivity index (χ3n) is 2.19. The number of nitrogens with two attached hydrogens (primary N) is 1. The molecule has 0 heterocycles. The minimum absolute atomic E-state index is 0.151. The Labute approximate surface area is 93.5 Å². The van der Waals surface area contributed by atoms with Gasteiger partial charge in [-0.1, -0.05) is 0 Å². The number of rotatable bonds is 8. The fraction of sp³-hybridized carbons (Fsp3) is 1.00. The summed E-state index contributed by atoms with van der Waals surface area (Å²) in [5.41, 5.74) is 8.21. The van der Waals surface area contributed by atoms with Gasteiger partial charge in [0.2, 0.25) is 0 Å². The molecule has 0 amide bonds. The van der Waals surface area contributed by atoms with Crippen LogP contribution in [0.15, 0.2) is 0 Å². The highest BCUT2D eigenvalue weighted by Gasteiger charge is 2.19. The van der Waals surface area contributed by atoms with E-state index in [0.29, 0.717) is 13.2 Å². The molecule has 0 aliphatic rings. The zero-order valence-corrected chi connectivity index (χ0v) is 10.7. The minimum Gasteiger partial charge on any atom is -0.375 e. The van der Waals surface area contributed by atoms with Crippen molar-refractivity contribution in [3.05, 3.63) is 0 Å². The maximum absolute atomic E-state index is 5.87. The van der Waals surface area contributed by atoms with Crippen LogP contribution >= 0.6 is 0 Å². The summed E-state index contributed by atoms with van der Waals surface area (Å²) in [6.07, 6.45) is 1.72. The van der Waals surface area contributed by atoms with Crippen LogP contribution in [0, 0.1) is 0 Å². The normalized spacial score (nSPS) is 13.2. The second-order valence-corrected chi connectivity index (χ2v) is 5.15. The van der Waals surface area contributed by atoms with Crippen LogP contribution in [0.2, 0.25) is 0 Å². The topological polar surface area (TPSA) is 56.5 Å². The fourth-order valence-electron chi connectivity index (χ4n) is 1.06. The molecule has 0 aliphatic carbocycles. The van der Waals surface area contributed by atoms with Gasteiger partial charge in [-0.2, -0.15) is 0 Å². The molecule has 0 spiro atoms. The van der Waals surface area contributed by atoms with E-state index in [2.05, 4.69) is 19.3 Å². The second-order valence-electron chi connectivity index (χ2n) is 5.15. The van der Waals surface area contributed by atoms with Crippen molar-refractivity contribution in [2.45, 2.75) is 51.7 Å². The molecule has 0 aromatic rings. The summed E-state index contributed by atoms with van der Waals surface area (Å²) in [5.74, 6) is 0. The van der Waals surface area contributed by atoms with Gasteiger partial charge in [0.1, 0.15) is 0 Å². The molecule has 0 aromatic heterocycles. The lowest BCUT2D eigenvalue weighted by molar-refractivity contribution is -0.0553. The lowest BCUT2D eigenvalue weighted by atomic mass is 10.0. The number of ether oxygens (including phenoxy) is 1. The second kappa shape index (κ2) is 6.43. The molecule has 0 saturated carbocycles. The van der Waals surface area contributed by atoms with Crippen molar-refractivity contribution < 1.29 is 9.57 Å². The van der Waals surface area contributed by atoms with Crippen LogP contribution in [0.3, 0.4) is 0 Å². The van der Waals surface area contributed by atoms with E-state index in [1.807, 2.05) is 13.8 Å². The molecule has 0 unspecified atom stereocenters. The first kappa shape index (κ1) is 14.8. The Morgan fingerprint density at radius 1 is 1.07 bits per heavy atom. The molecule has 0 aliphatic heterocycles. The van der Waals surface area contributed by atoms with Crippen LogP contribution in [0.4, 0.5) is 0 Å². The predicted molar refractivity (Wildman–Crippen MR) is 62.5 cm³/mol. The molecule has 0 saturated heterocycles. The van der Waals surface area contributed by atoms with Crippen molar-refractivity contribution in [1.29, 1.82) is 0 Å². The maximum atomic E-state index is 5.87. The van der Waals surface area contributed by atoms with Gasteiger partial charge in [-0.25, -0.2) is 5.48 Å². The summed E-state index contributed by atoms with van der Waals surface area (Å²) in [4.78, 5) is 5.06. The summed E-state index contributed by atoms with van der Waals surface area (Å²) in [6, 6.07) is 0. The van der Waals surface area contributed by atoms with Crippen molar-refractivity contribution >= 4 is 0 Å². The van der Waals surface area contributed by atoms with E-state index in [9.17, 15) is 0 Å². The monoisotopic (exact) mass is 218 g/mol. The zero-order valence-electron chi connectivity index (χ0n) is 10.7. The molecular weight excluding hydrogens is 192 g/mol. The summed E-state index contributed by atoms with van der Waals surface area (Å²) in [7, 11) is 1.75. The fourth-order valence-corrected chi connectivity index (χ4v) is 1.06. The highest BCUT2D eigenvalue weighted by atomic mass is 16.6. The van der Waals surface area contributed by atoms with Crippen molar-refractivity contribution in [3.63, 3.8) is 0 Å².